The van der Waals surface area contributed by atoms with Gasteiger partial charge in [0.25, 0.3) is 0 Å². The van der Waals surface area contributed by atoms with Crippen molar-refractivity contribution in [2.45, 2.75) is 33.7 Å². The van der Waals surface area contributed by atoms with Crippen molar-refractivity contribution in [1.29, 1.82) is 0 Å². The summed E-state index contributed by atoms with van der Waals surface area (Å²) in [4.78, 5) is 2.45. The van der Waals surface area contributed by atoms with Gasteiger partial charge in [-0.1, -0.05) is 36.2 Å². The van der Waals surface area contributed by atoms with Gasteiger partial charge in [0.1, 0.15) is 0 Å². The molecule has 0 spiro atoms. The van der Waals surface area contributed by atoms with Crippen LogP contribution in [-0.2, 0) is 6.54 Å². The largest absolute Gasteiger partial charge is 0.330 e. The summed E-state index contributed by atoms with van der Waals surface area (Å²) in [5.41, 5.74) is 9.66. The average Bonchev–Trinajstić information content (AvgIpc) is 2.22. The highest BCUT2D eigenvalue weighted by Crippen LogP contribution is 2.11. The number of aryl methyl sites for hydroxylation is 2. The van der Waals surface area contributed by atoms with Gasteiger partial charge in [-0.2, -0.15) is 0 Å². The van der Waals surface area contributed by atoms with E-state index in [1.807, 2.05) is 0 Å². The van der Waals surface area contributed by atoms with Crippen molar-refractivity contribution in [1.82, 2.24) is 4.90 Å². The second kappa shape index (κ2) is 6.66. The molecule has 0 aliphatic rings. The first-order valence-corrected chi connectivity index (χ1v) is 6.15. The first-order chi connectivity index (χ1) is 7.65. The third kappa shape index (κ3) is 4.33. The molecular weight excluding hydrogens is 196 g/mol. The Kier molecular flexibility index (Phi) is 5.50. The monoisotopic (exact) mass is 220 g/mol. The van der Waals surface area contributed by atoms with Gasteiger partial charge in [-0.25, -0.2) is 0 Å². The van der Waals surface area contributed by atoms with Crippen molar-refractivity contribution in [2.75, 3.05) is 19.6 Å². The normalized spacial score (nSPS) is 11.1. The molecule has 1 aromatic carbocycles. The molecule has 0 heterocycles. The second-order valence-corrected chi connectivity index (χ2v) is 4.51. The highest BCUT2D eigenvalue weighted by atomic mass is 15.1. The maximum Gasteiger partial charge on any atom is 0.0233 e. The summed E-state index contributed by atoms with van der Waals surface area (Å²) in [6.07, 6.45) is 1.08. The molecular formula is C14H24N2. The van der Waals surface area contributed by atoms with Gasteiger partial charge < -0.3 is 5.73 Å². The summed E-state index contributed by atoms with van der Waals surface area (Å²) in [6.45, 7) is 10.5. The molecule has 0 aromatic heterocycles. The van der Waals surface area contributed by atoms with E-state index in [0.717, 1.165) is 32.6 Å². The zero-order valence-electron chi connectivity index (χ0n) is 10.8. The molecule has 2 N–H and O–H groups in total. The first-order valence-electron chi connectivity index (χ1n) is 6.15. The van der Waals surface area contributed by atoms with Crippen LogP contribution in [0.3, 0.4) is 0 Å². The summed E-state index contributed by atoms with van der Waals surface area (Å²) in [7, 11) is 0. The quantitative estimate of drug-likeness (QED) is 0.798. The van der Waals surface area contributed by atoms with E-state index < -0.39 is 0 Å². The predicted molar refractivity (Wildman–Crippen MR) is 70.5 cm³/mol. The van der Waals surface area contributed by atoms with E-state index in [2.05, 4.69) is 43.9 Å². The molecule has 0 saturated heterocycles. The lowest BCUT2D eigenvalue weighted by Crippen LogP contribution is -2.25. The molecule has 0 radical (unpaired) electrons. The number of benzene rings is 1. The van der Waals surface area contributed by atoms with Crippen molar-refractivity contribution in [3.63, 3.8) is 0 Å². The first kappa shape index (κ1) is 13.2. The zero-order valence-corrected chi connectivity index (χ0v) is 10.8. The topological polar surface area (TPSA) is 29.3 Å². The summed E-state index contributed by atoms with van der Waals surface area (Å²) in [5.74, 6) is 0. The SMILES string of the molecule is CCN(CCCN)Cc1cc(C)cc(C)c1. The van der Waals surface area contributed by atoms with E-state index in [-0.39, 0.29) is 0 Å². The Morgan fingerprint density at radius 1 is 1.12 bits per heavy atom. The van der Waals surface area contributed by atoms with Crippen LogP contribution in [0, 0.1) is 13.8 Å². The maximum absolute atomic E-state index is 5.55. The third-order valence-corrected chi connectivity index (χ3v) is 2.81. The van der Waals surface area contributed by atoms with Crippen LogP contribution in [0.25, 0.3) is 0 Å². The lowest BCUT2D eigenvalue weighted by molar-refractivity contribution is 0.278. The van der Waals surface area contributed by atoms with E-state index in [1.165, 1.54) is 16.7 Å². The Balaban J connectivity index is 2.62. The van der Waals surface area contributed by atoms with Crippen LogP contribution >= 0.6 is 0 Å². The van der Waals surface area contributed by atoms with Crippen LogP contribution in [0.2, 0.25) is 0 Å². The van der Waals surface area contributed by atoms with Gasteiger partial charge in [0.2, 0.25) is 0 Å². The molecule has 2 heteroatoms. The predicted octanol–water partition coefficient (Wildman–Crippen LogP) is 2.47. The Bertz CT molecular complexity index is 300. The summed E-state index contributed by atoms with van der Waals surface area (Å²) in [6, 6.07) is 6.77. The van der Waals surface area contributed by atoms with Crippen molar-refractivity contribution in [3.05, 3.63) is 34.9 Å². The van der Waals surface area contributed by atoms with Crippen LogP contribution in [0.1, 0.15) is 30.0 Å². The maximum atomic E-state index is 5.55. The van der Waals surface area contributed by atoms with E-state index in [0.29, 0.717) is 0 Å². The molecule has 2 nitrogen and oxygen atoms in total. The molecule has 0 aliphatic carbocycles. The van der Waals surface area contributed by atoms with Crippen LogP contribution in [-0.4, -0.2) is 24.5 Å². The molecule has 0 unspecified atom stereocenters. The fraction of sp³-hybridized carbons (Fsp3) is 0.571. The van der Waals surface area contributed by atoms with Gasteiger partial charge >= 0.3 is 0 Å². The Morgan fingerprint density at radius 2 is 1.75 bits per heavy atom. The third-order valence-electron chi connectivity index (χ3n) is 2.81. The van der Waals surface area contributed by atoms with Crippen LogP contribution in [0.4, 0.5) is 0 Å². The Morgan fingerprint density at radius 3 is 2.25 bits per heavy atom. The Hall–Kier alpha value is -0.860. The standard InChI is InChI=1S/C14H24N2/c1-4-16(7-5-6-15)11-14-9-12(2)8-13(3)10-14/h8-10H,4-7,11,15H2,1-3H3. The molecule has 90 valence electrons. The molecule has 0 atom stereocenters. The lowest BCUT2D eigenvalue weighted by atomic mass is 10.1. The molecule has 0 aliphatic heterocycles. The van der Waals surface area contributed by atoms with Crippen molar-refractivity contribution < 1.29 is 0 Å². The summed E-state index contributed by atoms with van der Waals surface area (Å²) < 4.78 is 0. The van der Waals surface area contributed by atoms with Crippen LogP contribution < -0.4 is 5.73 Å². The minimum atomic E-state index is 0.781. The number of hydrogen-bond donors (Lipinski definition) is 1. The van der Waals surface area contributed by atoms with Crippen LogP contribution in [0.5, 0.6) is 0 Å². The van der Waals surface area contributed by atoms with Gasteiger partial charge in [0.15, 0.2) is 0 Å². The summed E-state index contributed by atoms with van der Waals surface area (Å²) >= 11 is 0. The molecule has 0 saturated carbocycles. The minimum absolute atomic E-state index is 0.781. The molecule has 16 heavy (non-hydrogen) atoms. The van der Waals surface area contributed by atoms with Gasteiger partial charge in [0, 0.05) is 6.54 Å². The van der Waals surface area contributed by atoms with E-state index >= 15 is 0 Å². The second-order valence-electron chi connectivity index (χ2n) is 4.51. The van der Waals surface area contributed by atoms with Crippen molar-refractivity contribution >= 4 is 0 Å². The van der Waals surface area contributed by atoms with E-state index in [1.54, 1.807) is 0 Å². The van der Waals surface area contributed by atoms with E-state index in [4.69, 9.17) is 5.73 Å². The van der Waals surface area contributed by atoms with Crippen LogP contribution in [0.15, 0.2) is 18.2 Å². The highest BCUT2D eigenvalue weighted by Gasteiger charge is 2.03. The number of nitrogens with zero attached hydrogens (tertiary/aromatic N) is 1. The van der Waals surface area contributed by atoms with Gasteiger partial charge in [0.05, 0.1) is 0 Å². The van der Waals surface area contributed by atoms with Crippen molar-refractivity contribution in [3.8, 4) is 0 Å². The molecule has 0 amide bonds. The number of hydrogen-bond acceptors (Lipinski definition) is 2. The Labute approximate surface area is 99.5 Å². The number of nitrogens with two attached hydrogens (primary N) is 1. The lowest BCUT2D eigenvalue weighted by Gasteiger charge is -2.20. The fourth-order valence-electron chi connectivity index (χ4n) is 2.08. The zero-order chi connectivity index (χ0) is 12.0. The fourth-order valence-corrected chi connectivity index (χ4v) is 2.08. The number of rotatable bonds is 6. The summed E-state index contributed by atoms with van der Waals surface area (Å²) in [5, 5.41) is 0. The van der Waals surface area contributed by atoms with Crippen molar-refractivity contribution in [2.24, 2.45) is 5.73 Å². The average molecular weight is 220 g/mol. The molecule has 0 fully saturated rings. The van der Waals surface area contributed by atoms with Gasteiger partial charge in [-0.15, -0.1) is 0 Å². The van der Waals surface area contributed by atoms with Gasteiger partial charge in [-0.3, -0.25) is 4.90 Å². The smallest absolute Gasteiger partial charge is 0.0233 e. The minimum Gasteiger partial charge on any atom is -0.330 e. The molecule has 1 rings (SSSR count). The molecule has 1 aromatic rings. The molecule has 0 bridgehead atoms. The van der Waals surface area contributed by atoms with E-state index in [9.17, 15) is 0 Å². The van der Waals surface area contributed by atoms with Gasteiger partial charge in [-0.05, 0) is 45.5 Å². The highest BCUT2D eigenvalue weighted by molar-refractivity contribution is 5.28.